The molecule has 0 N–H and O–H groups in total. The van der Waals surface area contributed by atoms with Gasteiger partial charge in [-0.25, -0.2) is 0 Å². The number of hydrogen-bond acceptors (Lipinski definition) is 3. The fourth-order valence-corrected chi connectivity index (χ4v) is 1.17. The van der Waals surface area contributed by atoms with Crippen LogP contribution in [-0.2, 0) is 0 Å². The van der Waals surface area contributed by atoms with Gasteiger partial charge in [-0.15, -0.1) is 0 Å². The van der Waals surface area contributed by atoms with Gasteiger partial charge in [-0.2, -0.15) is 0 Å². The van der Waals surface area contributed by atoms with Crippen LogP contribution in [0.25, 0.3) is 0 Å². The molecule has 0 aliphatic heterocycles. The van der Waals surface area contributed by atoms with Crippen LogP contribution in [0, 0.1) is 0 Å². The van der Waals surface area contributed by atoms with Crippen molar-refractivity contribution < 1.29 is 9.47 Å². The zero-order valence-electron chi connectivity index (χ0n) is 8.56. The maximum atomic E-state index is 5.67. The molecule has 14 heavy (non-hydrogen) atoms. The second kappa shape index (κ2) is 3.86. The van der Waals surface area contributed by atoms with Gasteiger partial charge in [0.15, 0.2) is 11.5 Å². The maximum absolute atomic E-state index is 5.67. The Balaban J connectivity index is 2.10. The molecule has 0 spiro atoms. The van der Waals surface area contributed by atoms with E-state index in [-0.39, 0.29) is 6.10 Å². The van der Waals surface area contributed by atoms with E-state index in [0.717, 1.165) is 24.3 Å². The van der Waals surface area contributed by atoms with Crippen LogP contribution in [0.2, 0.25) is 0 Å². The van der Waals surface area contributed by atoms with E-state index in [0.29, 0.717) is 6.10 Å². The van der Waals surface area contributed by atoms with Gasteiger partial charge < -0.3 is 9.47 Å². The first-order valence-corrected chi connectivity index (χ1v) is 5.03. The van der Waals surface area contributed by atoms with Crippen LogP contribution >= 0.6 is 0 Å². The highest BCUT2D eigenvalue weighted by Crippen LogP contribution is 2.32. The van der Waals surface area contributed by atoms with Gasteiger partial charge >= 0.3 is 0 Å². The number of pyridine rings is 1. The number of aromatic nitrogens is 1. The molecule has 1 aliphatic rings. The Bertz CT molecular complexity index is 285. The molecule has 1 aromatic heterocycles. The van der Waals surface area contributed by atoms with Crippen LogP contribution in [0.15, 0.2) is 18.5 Å². The third kappa shape index (κ3) is 2.37. The molecule has 0 aromatic carbocycles. The topological polar surface area (TPSA) is 31.4 Å². The van der Waals surface area contributed by atoms with E-state index in [1.54, 1.807) is 12.4 Å². The molecule has 1 aliphatic carbocycles. The predicted octanol–water partition coefficient (Wildman–Crippen LogP) is 2.41. The molecular formula is C11H15NO2. The molecule has 3 nitrogen and oxygen atoms in total. The normalized spacial score (nSPS) is 15.6. The van der Waals surface area contributed by atoms with Crippen molar-refractivity contribution in [3.8, 4) is 11.5 Å². The molecule has 2 rings (SSSR count). The lowest BCUT2D eigenvalue weighted by Gasteiger charge is -2.13. The zero-order valence-corrected chi connectivity index (χ0v) is 8.56. The van der Waals surface area contributed by atoms with Crippen molar-refractivity contribution in [2.45, 2.75) is 38.9 Å². The van der Waals surface area contributed by atoms with Crippen LogP contribution in [0.5, 0.6) is 11.5 Å². The van der Waals surface area contributed by atoms with Crippen molar-refractivity contribution >= 4 is 0 Å². The molecule has 1 fully saturated rings. The van der Waals surface area contributed by atoms with Crippen molar-refractivity contribution in [3.05, 3.63) is 18.5 Å². The minimum atomic E-state index is 0.166. The molecule has 3 heteroatoms. The monoisotopic (exact) mass is 193 g/mol. The summed E-state index contributed by atoms with van der Waals surface area (Å²) in [6.07, 6.45) is 6.28. The molecule has 0 bridgehead atoms. The first-order valence-electron chi connectivity index (χ1n) is 5.03. The lowest BCUT2D eigenvalue weighted by atomic mass is 10.4. The summed E-state index contributed by atoms with van der Waals surface area (Å²) in [6.45, 7) is 4.00. The molecule has 0 amide bonds. The third-order valence-electron chi connectivity index (χ3n) is 1.93. The summed E-state index contributed by atoms with van der Waals surface area (Å²) in [7, 11) is 0. The summed E-state index contributed by atoms with van der Waals surface area (Å²) in [5.41, 5.74) is 0. The van der Waals surface area contributed by atoms with Crippen molar-refractivity contribution in [2.75, 3.05) is 0 Å². The Labute approximate surface area is 84.1 Å². The van der Waals surface area contributed by atoms with E-state index in [4.69, 9.17) is 9.47 Å². The summed E-state index contributed by atoms with van der Waals surface area (Å²) >= 11 is 0. The molecule has 1 aromatic rings. The highest BCUT2D eigenvalue weighted by molar-refractivity contribution is 5.37. The van der Waals surface area contributed by atoms with E-state index in [2.05, 4.69) is 4.98 Å². The number of hydrogen-bond donors (Lipinski definition) is 0. The lowest BCUT2D eigenvalue weighted by Crippen LogP contribution is -2.08. The van der Waals surface area contributed by atoms with Gasteiger partial charge in [0.2, 0.25) is 0 Å². The molecule has 0 atom stereocenters. The first kappa shape index (κ1) is 9.31. The summed E-state index contributed by atoms with van der Waals surface area (Å²) < 4.78 is 11.3. The van der Waals surface area contributed by atoms with Gasteiger partial charge in [0.05, 0.1) is 18.4 Å². The molecular weight excluding hydrogens is 178 g/mol. The quantitative estimate of drug-likeness (QED) is 0.735. The molecule has 0 saturated heterocycles. The Morgan fingerprint density at radius 3 is 2.79 bits per heavy atom. The van der Waals surface area contributed by atoms with E-state index in [1.165, 1.54) is 0 Å². The van der Waals surface area contributed by atoms with Gasteiger partial charge in [-0.05, 0) is 26.7 Å². The molecule has 0 radical (unpaired) electrons. The Hall–Kier alpha value is -1.25. The standard InChI is InChI=1S/C11H15NO2/c1-8(2)13-10-5-6-12-7-11(10)14-9-3-4-9/h5-9H,3-4H2,1-2H3. The van der Waals surface area contributed by atoms with Gasteiger partial charge in [-0.1, -0.05) is 0 Å². The number of rotatable bonds is 4. The second-order valence-corrected chi connectivity index (χ2v) is 3.81. The minimum absolute atomic E-state index is 0.166. The average Bonchev–Trinajstić information content (AvgIpc) is 2.91. The third-order valence-corrected chi connectivity index (χ3v) is 1.93. The largest absolute Gasteiger partial charge is 0.487 e. The van der Waals surface area contributed by atoms with E-state index >= 15 is 0 Å². The molecule has 76 valence electrons. The van der Waals surface area contributed by atoms with Gasteiger partial charge in [0, 0.05) is 12.3 Å². The zero-order chi connectivity index (χ0) is 9.97. The van der Waals surface area contributed by atoms with Crippen LogP contribution in [0.4, 0.5) is 0 Å². The van der Waals surface area contributed by atoms with Crippen LogP contribution in [0.3, 0.4) is 0 Å². The number of ether oxygens (including phenoxy) is 2. The van der Waals surface area contributed by atoms with Gasteiger partial charge in [0.25, 0.3) is 0 Å². The highest BCUT2D eigenvalue weighted by Gasteiger charge is 2.25. The molecule has 1 saturated carbocycles. The van der Waals surface area contributed by atoms with Crippen molar-refractivity contribution in [1.29, 1.82) is 0 Å². The van der Waals surface area contributed by atoms with Gasteiger partial charge in [-0.3, -0.25) is 4.98 Å². The van der Waals surface area contributed by atoms with Crippen molar-refractivity contribution in [3.63, 3.8) is 0 Å². The summed E-state index contributed by atoms with van der Waals surface area (Å²) in [5.74, 6) is 1.56. The molecule has 1 heterocycles. The van der Waals surface area contributed by atoms with E-state index in [1.807, 2.05) is 19.9 Å². The Kier molecular flexibility index (Phi) is 2.57. The minimum Gasteiger partial charge on any atom is -0.487 e. The van der Waals surface area contributed by atoms with Crippen LogP contribution in [-0.4, -0.2) is 17.2 Å². The summed E-state index contributed by atoms with van der Waals surface area (Å²) in [4.78, 5) is 4.03. The summed E-state index contributed by atoms with van der Waals surface area (Å²) in [6, 6.07) is 1.84. The van der Waals surface area contributed by atoms with E-state index < -0.39 is 0 Å². The molecule has 0 unspecified atom stereocenters. The fourth-order valence-electron chi connectivity index (χ4n) is 1.17. The Morgan fingerprint density at radius 2 is 2.14 bits per heavy atom. The van der Waals surface area contributed by atoms with Crippen molar-refractivity contribution in [2.24, 2.45) is 0 Å². The average molecular weight is 193 g/mol. The van der Waals surface area contributed by atoms with Gasteiger partial charge in [0.1, 0.15) is 0 Å². The Morgan fingerprint density at radius 1 is 1.36 bits per heavy atom. The van der Waals surface area contributed by atoms with Crippen LogP contribution in [0.1, 0.15) is 26.7 Å². The summed E-state index contributed by atoms with van der Waals surface area (Å²) in [5, 5.41) is 0. The highest BCUT2D eigenvalue weighted by atomic mass is 16.5. The predicted molar refractivity (Wildman–Crippen MR) is 53.7 cm³/mol. The lowest BCUT2D eigenvalue weighted by molar-refractivity contribution is 0.217. The number of nitrogens with zero attached hydrogens (tertiary/aromatic N) is 1. The first-order chi connectivity index (χ1) is 6.75. The second-order valence-electron chi connectivity index (χ2n) is 3.81. The van der Waals surface area contributed by atoms with E-state index in [9.17, 15) is 0 Å². The van der Waals surface area contributed by atoms with Crippen molar-refractivity contribution in [1.82, 2.24) is 4.98 Å². The van der Waals surface area contributed by atoms with Crippen LogP contribution < -0.4 is 9.47 Å². The SMILES string of the molecule is CC(C)Oc1ccncc1OC1CC1. The smallest absolute Gasteiger partial charge is 0.179 e. The maximum Gasteiger partial charge on any atom is 0.179 e. The fraction of sp³-hybridized carbons (Fsp3) is 0.545.